The van der Waals surface area contributed by atoms with Crippen LogP contribution in [0.25, 0.3) is 0 Å². The van der Waals surface area contributed by atoms with Gasteiger partial charge in [0.1, 0.15) is 6.04 Å². The van der Waals surface area contributed by atoms with Crippen molar-refractivity contribution in [2.45, 2.75) is 12.5 Å². The molecule has 0 aromatic carbocycles. The van der Waals surface area contributed by atoms with Crippen molar-refractivity contribution in [1.29, 1.82) is 0 Å². The van der Waals surface area contributed by atoms with Crippen LogP contribution in [0.4, 0.5) is 0 Å². The van der Waals surface area contributed by atoms with Crippen LogP contribution < -0.4 is 5.32 Å². The molecule has 0 saturated carbocycles. The summed E-state index contributed by atoms with van der Waals surface area (Å²) in [7, 11) is 1.67. The van der Waals surface area contributed by atoms with Crippen molar-refractivity contribution >= 4 is 48.2 Å². The summed E-state index contributed by atoms with van der Waals surface area (Å²) < 4.78 is 0. The van der Waals surface area contributed by atoms with E-state index in [4.69, 9.17) is 5.11 Å². The van der Waals surface area contributed by atoms with Gasteiger partial charge in [-0.25, -0.2) is 0 Å². The van der Waals surface area contributed by atoms with Crippen LogP contribution in [0, 0.1) is 0 Å². The molecule has 0 saturated heterocycles. The van der Waals surface area contributed by atoms with E-state index in [1.807, 2.05) is 6.26 Å². The third-order valence-corrected chi connectivity index (χ3v) is 1.90. The van der Waals surface area contributed by atoms with E-state index in [2.05, 4.69) is 5.32 Å². The Morgan fingerprint density at radius 1 is 1.67 bits per heavy atom. The molecule has 0 aliphatic rings. The number of hydrogen-bond acceptors (Lipinski definition) is 3. The Morgan fingerprint density at radius 3 is 2.42 bits per heavy atom. The van der Waals surface area contributed by atoms with Crippen molar-refractivity contribution in [3.05, 3.63) is 0 Å². The molecule has 2 N–H and O–H groups in total. The number of likely N-dealkylation sites (N-methyl/N-ethyl adjacent to an activating group) is 1. The van der Waals surface area contributed by atoms with Gasteiger partial charge >= 0.3 is 5.97 Å². The Kier molecular flexibility index (Phi) is 17.8. The lowest BCUT2D eigenvalue weighted by Gasteiger charge is -2.08. The number of nitrogens with one attached hydrogen (secondary N) is 1. The minimum absolute atomic E-state index is 0. The van der Waals surface area contributed by atoms with Gasteiger partial charge in [0.15, 0.2) is 0 Å². The molecule has 0 aliphatic heterocycles. The molecule has 3 nitrogen and oxygen atoms in total. The van der Waals surface area contributed by atoms with Crippen LogP contribution in [0.2, 0.25) is 0 Å². The summed E-state index contributed by atoms with van der Waals surface area (Å²) in [5.41, 5.74) is 0. The Morgan fingerprint density at radius 2 is 2.17 bits per heavy atom. The summed E-state index contributed by atoms with van der Waals surface area (Å²) >= 11 is 1.66. The smallest absolute Gasteiger partial charge is 0.320 e. The number of carboxylic acid groups (broad SMARTS) is 1. The van der Waals surface area contributed by atoms with E-state index in [9.17, 15) is 4.79 Å². The number of aliphatic carboxylic acids is 1. The molecular formula is C6H16BrNO2S2. The highest BCUT2D eigenvalue weighted by atomic mass is 79.9. The Hall–Kier alpha value is 0.610. The zero-order valence-electron chi connectivity index (χ0n) is 7.16. The Labute approximate surface area is 94.9 Å². The van der Waals surface area contributed by atoms with Crippen LogP contribution in [0.3, 0.4) is 0 Å². The molecule has 0 heterocycles. The number of thioether (sulfide) groups is 1. The number of hydrogen-bond donors (Lipinski definition) is 2. The monoisotopic (exact) mass is 277 g/mol. The molecular weight excluding hydrogens is 262 g/mol. The van der Waals surface area contributed by atoms with Crippen LogP contribution >= 0.6 is 42.2 Å². The third-order valence-electron chi connectivity index (χ3n) is 1.26. The molecule has 0 aromatic rings. The minimum atomic E-state index is -0.767. The molecule has 6 heteroatoms. The summed E-state index contributed by atoms with van der Waals surface area (Å²) in [5, 5.41) is 11.3. The third kappa shape index (κ3) is 8.70. The summed E-state index contributed by atoms with van der Waals surface area (Å²) in [6.07, 6.45) is 2.65. The molecule has 0 spiro atoms. The van der Waals surface area contributed by atoms with Crippen molar-refractivity contribution in [2.24, 2.45) is 0 Å². The molecule has 0 bridgehead atoms. The van der Waals surface area contributed by atoms with Crippen LogP contribution in [0.5, 0.6) is 0 Å². The van der Waals surface area contributed by atoms with Crippen molar-refractivity contribution < 1.29 is 9.90 Å². The minimum Gasteiger partial charge on any atom is -0.480 e. The molecule has 0 radical (unpaired) electrons. The van der Waals surface area contributed by atoms with Crippen LogP contribution in [-0.4, -0.2) is 36.2 Å². The second kappa shape index (κ2) is 11.6. The summed E-state index contributed by atoms with van der Waals surface area (Å²) in [6, 6.07) is -0.382. The molecule has 0 aliphatic carbocycles. The lowest BCUT2D eigenvalue weighted by Crippen LogP contribution is -2.34. The largest absolute Gasteiger partial charge is 0.480 e. The van der Waals surface area contributed by atoms with E-state index in [1.54, 1.807) is 18.8 Å². The van der Waals surface area contributed by atoms with Gasteiger partial charge in [-0.15, -0.1) is 17.0 Å². The highest BCUT2D eigenvalue weighted by molar-refractivity contribution is 8.93. The second-order valence-electron chi connectivity index (χ2n) is 1.96. The molecule has 1 atom stereocenters. The van der Waals surface area contributed by atoms with E-state index >= 15 is 0 Å². The fourth-order valence-electron chi connectivity index (χ4n) is 0.627. The van der Waals surface area contributed by atoms with Crippen LogP contribution in [0.15, 0.2) is 0 Å². The molecule has 0 fully saturated rings. The van der Waals surface area contributed by atoms with Crippen LogP contribution in [0.1, 0.15) is 6.42 Å². The first-order chi connectivity index (χ1) is 4.72. The average Bonchev–Trinajstić information content (AvgIpc) is 1.89. The van der Waals surface area contributed by atoms with E-state index in [0.29, 0.717) is 6.42 Å². The topological polar surface area (TPSA) is 49.3 Å². The number of carbonyl (C=O) groups is 1. The maximum Gasteiger partial charge on any atom is 0.320 e. The fourth-order valence-corrected chi connectivity index (χ4v) is 1.10. The molecule has 12 heavy (non-hydrogen) atoms. The highest BCUT2D eigenvalue weighted by Crippen LogP contribution is 1.99. The average molecular weight is 278 g/mol. The molecule has 0 rings (SSSR count). The first-order valence-electron chi connectivity index (χ1n) is 3.11. The van der Waals surface area contributed by atoms with Gasteiger partial charge in [-0.3, -0.25) is 4.79 Å². The second-order valence-corrected chi connectivity index (χ2v) is 2.95. The van der Waals surface area contributed by atoms with Gasteiger partial charge < -0.3 is 10.4 Å². The van der Waals surface area contributed by atoms with Crippen LogP contribution in [-0.2, 0) is 4.79 Å². The maximum atomic E-state index is 10.4. The van der Waals surface area contributed by atoms with Gasteiger partial charge in [-0.2, -0.15) is 25.3 Å². The summed E-state index contributed by atoms with van der Waals surface area (Å²) in [4.78, 5) is 10.4. The first kappa shape index (κ1) is 18.4. The zero-order chi connectivity index (χ0) is 7.98. The van der Waals surface area contributed by atoms with Gasteiger partial charge in [0, 0.05) is 0 Å². The van der Waals surface area contributed by atoms with E-state index in [0.717, 1.165) is 5.75 Å². The zero-order valence-corrected chi connectivity index (χ0v) is 10.7. The van der Waals surface area contributed by atoms with Crippen molar-refractivity contribution in [3.63, 3.8) is 0 Å². The molecule has 0 aromatic heterocycles. The first-order valence-corrected chi connectivity index (χ1v) is 4.50. The molecule has 76 valence electrons. The lowest BCUT2D eigenvalue weighted by atomic mass is 10.2. The van der Waals surface area contributed by atoms with Crippen molar-refractivity contribution in [2.75, 3.05) is 19.1 Å². The number of carboxylic acids is 1. The van der Waals surface area contributed by atoms with E-state index in [1.165, 1.54) is 0 Å². The number of halogens is 1. The van der Waals surface area contributed by atoms with Gasteiger partial charge in [0.2, 0.25) is 0 Å². The Balaban J connectivity index is -0.000000405. The summed E-state index contributed by atoms with van der Waals surface area (Å²) in [5.74, 6) is 0.120. The van der Waals surface area contributed by atoms with E-state index in [-0.39, 0.29) is 36.5 Å². The van der Waals surface area contributed by atoms with Gasteiger partial charge in [0.05, 0.1) is 0 Å². The van der Waals surface area contributed by atoms with Gasteiger partial charge in [0.25, 0.3) is 0 Å². The predicted octanol–water partition coefficient (Wildman–Crippen LogP) is 1.10. The lowest BCUT2D eigenvalue weighted by molar-refractivity contribution is -0.139. The predicted molar refractivity (Wildman–Crippen MR) is 64.2 cm³/mol. The summed E-state index contributed by atoms with van der Waals surface area (Å²) in [6.45, 7) is 0. The number of rotatable bonds is 5. The fraction of sp³-hybridized carbons (Fsp3) is 0.833. The highest BCUT2D eigenvalue weighted by Gasteiger charge is 2.12. The maximum absolute atomic E-state index is 10.4. The molecule has 0 unspecified atom stereocenters. The van der Waals surface area contributed by atoms with E-state index < -0.39 is 5.97 Å². The SMILES string of the molecule is Br.CN[C@@H](CCSC)C(=O)O.S. The standard InChI is InChI=1S/C6H13NO2S.BrH.H2S/c1-7-5(6(8)9)3-4-10-2;;/h5,7H,3-4H2,1-2H3,(H,8,9);1H;1H2/t5-;;/m0../s1. The normalized spacial score (nSPS) is 10.8. The Bertz CT molecular complexity index is 116. The van der Waals surface area contributed by atoms with Crippen molar-refractivity contribution in [1.82, 2.24) is 5.32 Å². The van der Waals surface area contributed by atoms with Gasteiger partial charge in [-0.1, -0.05) is 0 Å². The molecule has 0 amide bonds. The quantitative estimate of drug-likeness (QED) is 0.791. The van der Waals surface area contributed by atoms with Crippen molar-refractivity contribution in [3.8, 4) is 0 Å². The van der Waals surface area contributed by atoms with Gasteiger partial charge in [-0.05, 0) is 25.5 Å².